The first-order valence-corrected chi connectivity index (χ1v) is 9.23. The highest BCUT2D eigenvalue weighted by Crippen LogP contribution is 2.30. The lowest BCUT2D eigenvalue weighted by atomic mass is 10.2. The van der Waals surface area contributed by atoms with E-state index in [0.29, 0.717) is 23.8 Å². The summed E-state index contributed by atoms with van der Waals surface area (Å²) in [6.45, 7) is 8.30. The number of amides is 1. The molecule has 1 saturated heterocycles. The normalized spacial score (nSPS) is 16.9. The summed E-state index contributed by atoms with van der Waals surface area (Å²) < 4.78 is 7.15. The molecule has 1 fully saturated rings. The fourth-order valence-electron chi connectivity index (χ4n) is 3.66. The summed E-state index contributed by atoms with van der Waals surface area (Å²) in [5.41, 5.74) is 3.19. The number of likely N-dealkylation sites (tertiary alicyclic amines) is 1. The lowest BCUT2D eigenvalue weighted by Gasteiger charge is -2.17. The van der Waals surface area contributed by atoms with Gasteiger partial charge < -0.3 is 10.1 Å². The van der Waals surface area contributed by atoms with Gasteiger partial charge in [0.1, 0.15) is 17.6 Å². The van der Waals surface area contributed by atoms with Gasteiger partial charge in [-0.25, -0.2) is 0 Å². The molecule has 1 atom stereocenters. The van der Waals surface area contributed by atoms with Crippen LogP contribution in [0.5, 0.6) is 5.75 Å². The van der Waals surface area contributed by atoms with Gasteiger partial charge in [0.15, 0.2) is 0 Å². The minimum atomic E-state index is -0.0899. The third-order valence-electron chi connectivity index (χ3n) is 5.29. The van der Waals surface area contributed by atoms with E-state index in [1.54, 1.807) is 7.11 Å². The monoisotopic (exact) mass is 366 g/mol. The van der Waals surface area contributed by atoms with E-state index >= 15 is 0 Å². The SMILES string of the molecule is COc1ccc(-n2c(C)c(C)c(C#N)c2NC(=O)CN2CCC(C)C2)cc1. The van der Waals surface area contributed by atoms with Crippen molar-refractivity contribution >= 4 is 11.7 Å². The molecule has 6 heteroatoms. The fourth-order valence-corrected chi connectivity index (χ4v) is 3.66. The van der Waals surface area contributed by atoms with E-state index in [-0.39, 0.29) is 5.91 Å². The van der Waals surface area contributed by atoms with Crippen molar-refractivity contribution in [3.05, 3.63) is 41.1 Å². The quantitative estimate of drug-likeness (QED) is 0.882. The van der Waals surface area contributed by atoms with E-state index in [0.717, 1.165) is 42.2 Å². The van der Waals surface area contributed by atoms with Crippen molar-refractivity contribution in [2.75, 3.05) is 32.1 Å². The first kappa shape index (κ1) is 19.0. The van der Waals surface area contributed by atoms with Crippen LogP contribution in [0.1, 0.15) is 30.2 Å². The van der Waals surface area contributed by atoms with Crippen molar-refractivity contribution in [1.82, 2.24) is 9.47 Å². The van der Waals surface area contributed by atoms with E-state index in [1.807, 2.05) is 42.7 Å². The second-order valence-electron chi connectivity index (χ2n) is 7.26. The van der Waals surface area contributed by atoms with Crippen molar-refractivity contribution in [1.29, 1.82) is 5.26 Å². The highest BCUT2D eigenvalue weighted by Gasteiger charge is 2.24. The summed E-state index contributed by atoms with van der Waals surface area (Å²) in [6.07, 6.45) is 1.12. The molecule has 0 saturated carbocycles. The van der Waals surface area contributed by atoms with Crippen LogP contribution in [0, 0.1) is 31.1 Å². The Balaban J connectivity index is 1.92. The summed E-state index contributed by atoms with van der Waals surface area (Å²) in [6, 6.07) is 9.83. The molecule has 2 aromatic rings. The van der Waals surface area contributed by atoms with Gasteiger partial charge in [0.05, 0.1) is 19.2 Å². The summed E-state index contributed by atoms with van der Waals surface area (Å²) in [7, 11) is 1.62. The molecule has 0 aliphatic carbocycles. The molecule has 1 aliphatic heterocycles. The molecule has 2 heterocycles. The van der Waals surface area contributed by atoms with Crippen molar-refractivity contribution in [3.63, 3.8) is 0 Å². The summed E-state index contributed by atoms with van der Waals surface area (Å²) in [5.74, 6) is 1.83. The van der Waals surface area contributed by atoms with Crippen molar-refractivity contribution in [2.24, 2.45) is 5.92 Å². The lowest BCUT2D eigenvalue weighted by Crippen LogP contribution is -2.32. The Hall–Kier alpha value is -2.78. The lowest BCUT2D eigenvalue weighted by molar-refractivity contribution is -0.117. The Labute approximate surface area is 160 Å². The van der Waals surface area contributed by atoms with E-state index in [1.165, 1.54) is 0 Å². The molecule has 1 aromatic heterocycles. The highest BCUT2D eigenvalue weighted by atomic mass is 16.5. The summed E-state index contributed by atoms with van der Waals surface area (Å²) >= 11 is 0. The smallest absolute Gasteiger partial charge is 0.239 e. The van der Waals surface area contributed by atoms with Crippen LogP contribution in [-0.2, 0) is 4.79 Å². The largest absolute Gasteiger partial charge is 0.497 e. The number of rotatable bonds is 5. The number of aromatic nitrogens is 1. The molecule has 3 rings (SSSR count). The molecular weight excluding hydrogens is 340 g/mol. The zero-order valence-electron chi connectivity index (χ0n) is 16.4. The van der Waals surface area contributed by atoms with Gasteiger partial charge in [0, 0.05) is 17.9 Å². The number of carbonyl (C=O) groups is 1. The number of hydrogen-bond acceptors (Lipinski definition) is 4. The Morgan fingerprint density at radius 2 is 2.04 bits per heavy atom. The van der Waals surface area contributed by atoms with Crippen LogP contribution >= 0.6 is 0 Å². The van der Waals surface area contributed by atoms with Gasteiger partial charge in [-0.1, -0.05) is 6.92 Å². The van der Waals surface area contributed by atoms with E-state index in [4.69, 9.17) is 4.74 Å². The van der Waals surface area contributed by atoms with Crippen molar-refractivity contribution < 1.29 is 9.53 Å². The average Bonchev–Trinajstić information content (AvgIpc) is 3.16. The Morgan fingerprint density at radius 1 is 1.33 bits per heavy atom. The second kappa shape index (κ2) is 7.85. The molecule has 1 unspecified atom stereocenters. The predicted octanol–water partition coefficient (Wildman–Crippen LogP) is 3.25. The maximum Gasteiger partial charge on any atom is 0.239 e. The number of anilines is 1. The van der Waals surface area contributed by atoms with Crippen LogP contribution < -0.4 is 10.1 Å². The van der Waals surface area contributed by atoms with Crippen molar-refractivity contribution in [2.45, 2.75) is 27.2 Å². The molecule has 142 valence electrons. The fraction of sp³-hybridized carbons (Fsp3) is 0.429. The first-order valence-electron chi connectivity index (χ1n) is 9.23. The predicted molar refractivity (Wildman–Crippen MR) is 105 cm³/mol. The summed E-state index contributed by atoms with van der Waals surface area (Å²) in [5, 5.41) is 12.6. The van der Waals surface area contributed by atoms with Gasteiger partial charge in [-0.15, -0.1) is 0 Å². The van der Waals surface area contributed by atoms with Crippen LogP contribution in [0.3, 0.4) is 0 Å². The number of benzene rings is 1. The zero-order valence-corrected chi connectivity index (χ0v) is 16.4. The maximum absolute atomic E-state index is 12.7. The molecule has 0 bridgehead atoms. The number of nitrogens with zero attached hydrogens (tertiary/aromatic N) is 3. The van der Waals surface area contributed by atoms with Gasteiger partial charge in [0.2, 0.25) is 5.91 Å². The van der Waals surface area contributed by atoms with E-state index < -0.39 is 0 Å². The number of ether oxygens (including phenoxy) is 1. The van der Waals surface area contributed by atoms with Crippen LogP contribution in [0.2, 0.25) is 0 Å². The first-order chi connectivity index (χ1) is 12.9. The van der Waals surface area contributed by atoms with E-state index in [2.05, 4.69) is 23.2 Å². The van der Waals surface area contributed by atoms with Gasteiger partial charge >= 0.3 is 0 Å². The maximum atomic E-state index is 12.7. The van der Waals surface area contributed by atoms with Gasteiger partial charge in [0.25, 0.3) is 0 Å². The average molecular weight is 366 g/mol. The minimum Gasteiger partial charge on any atom is -0.497 e. The number of methoxy groups -OCH3 is 1. The molecule has 1 aliphatic rings. The number of nitrogens with one attached hydrogen (secondary N) is 1. The van der Waals surface area contributed by atoms with Crippen molar-refractivity contribution in [3.8, 4) is 17.5 Å². The van der Waals surface area contributed by atoms with Crippen LogP contribution in [0.15, 0.2) is 24.3 Å². The third kappa shape index (κ3) is 3.83. The molecule has 0 radical (unpaired) electrons. The molecular formula is C21H26N4O2. The zero-order chi connectivity index (χ0) is 19.6. The number of hydrogen-bond donors (Lipinski definition) is 1. The Bertz CT molecular complexity index is 877. The number of carbonyl (C=O) groups excluding carboxylic acids is 1. The van der Waals surface area contributed by atoms with Crippen LogP contribution in [-0.4, -0.2) is 42.1 Å². The molecule has 1 N–H and O–H groups in total. The third-order valence-corrected chi connectivity index (χ3v) is 5.29. The van der Waals surface area contributed by atoms with Gasteiger partial charge in [-0.2, -0.15) is 5.26 Å². The van der Waals surface area contributed by atoms with E-state index in [9.17, 15) is 10.1 Å². The molecule has 27 heavy (non-hydrogen) atoms. The molecule has 0 spiro atoms. The van der Waals surface area contributed by atoms with Crippen LogP contribution in [0.25, 0.3) is 5.69 Å². The summed E-state index contributed by atoms with van der Waals surface area (Å²) in [4.78, 5) is 14.8. The topological polar surface area (TPSA) is 70.3 Å². The standard InChI is InChI=1S/C21H26N4O2/c1-14-9-10-24(12-14)13-20(26)23-21-19(11-22)15(2)16(3)25(21)17-5-7-18(27-4)8-6-17/h5-8,14H,9-10,12-13H2,1-4H3,(H,23,26). The second-order valence-corrected chi connectivity index (χ2v) is 7.26. The Kier molecular flexibility index (Phi) is 5.52. The molecule has 1 aromatic carbocycles. The van der Waals surface area contributed by atoms with Gasteiger partial charge in [-0.05, 0) is 62.6 Å². The van der Waals surface area contributed by atoms with Crippen LogP contribution in [0.4, 0.5) is 5.82 Å². The van der Waals surface area contributed by atoms with Gasteiger partial charge in [-0.3, -0.25) is 14.3 Å². The minimum absolute atomic E-state index is 0.0899. The number of nitriles is 1. The Morgan fingerprint density at radius 3 is 2.59 bits per heavy atom. The molecule has 6 nitrogen and oxygen atoms in total. The molecule has 1 amide bonds. The highest BCUT2D eigenvalue weighted by molar-refractivity contribution is 5.93.